The lowest BCUT2D eigenvalue weighted by Crippen LogP contribution is -2.21. The van der Waals surface area contributed by atoms with E-state index in [1.807, 2.05) is 33.8 Å². The van der Waals surface area contributed by atoms with Crippen LogP contribution in [0, 0.1) is 6.92 Å². The second kappa shape index (κ2) is 7.01. The molecule has 26 heavy (non-hydrogen) atoms. The van der Waals surface area contributed by atoms with Gasteiger partial charge in [0.2, 0.25) is 0 Å². The van der Waals surface area contributed by atoms with Gasteiger partial charge in [-0.25, -0.2) is 8.42 Å². The molecule has 0 saturated carbocycles. The molecule has 0 fully saturated rings. The van der Waals surface area contributed by atoms with Crippen LogP contribution in [0.2, 0.25) is 0 Å². The van der Waals surface area contributed by atoms with Crippen LogP contribution in [0.15, 0.2) is 24.3 Å². The van der Waals surface area contributed by atoms with E-state index in [1.165, 1.54) is 0 Å². The Morgan fingerprint density at radius 2 is 1.46 bits per heavy atom. The number of benzene rings is 1. The number of thiophene rings is 1. The molecule has 0 amide bonds. The Balaban J connectivity index is 0.000000359. The van der Waals surface area contributed by atoms with Crippen molar-refractivity contribution in [1.82, 2.24) is 0 Å². The number of halogens is 6. The van der Waals surface area contributed by atoms with Crippen LogP contribution in [0.3, 0.4) is 0 Å². The second-order valence-corrected chi connectivity index (χ2v) is 9.72. The summed E-state index contributed by atoms with van der Waals surface area (Å²) in [6, 6.07) is 6.91. The first-order chi connectivity index (χ1) is 11.4. The summed E-state index contributed by atoms with van der Waals surface area (Å²) < 4.78 is 99.3. The van der Waals surface area contributed by atoms with Gasteiger partial charge >= 0.3 is 11.0 Å². The first-order valence-electron chi connectivity index (χ1n) is 7.02. The third kappa shape index (κ3) is 5.10. The van der Waals surface area contributed by atoms with Gasteiger partial charge in [-0.3, -0.25) is 0 Å². The Morgan fingerprint density at radius 1 is 1.00 bits per heavy atom. The van der Waals surface area contributed by atoms with E-state index < -0.39 is 37.0 Å². The lowest BCUT2D eigenvalue weighted by atomic mass is 9.94. The molecule has 2 aromatic rings. The van der Waals surface area contributed by atoms with E-state index >= 15 is 0 Å². The molecule has 0 aliphatic heterocycles. The molecule has 0 spiro atoms. The number of aryl methyl sites for hydroxylation is 1. The van der Waals surface area contributed by atoms with Crippen LogP contribution in [0.4, 0.5) is 26.3 Å². The average Bonchev–Trinajstić information content (AvgIpc) is 2.77. The Morgan fingerprint density at radius 3 is 1.81 bits per heavy atom. The van der Waals surface area contributed by atoms with Crippen molar-refractivity contribution in [2.24, 2.45) is 0 Å². The van der Waals surface area contributed by atoms with Gasteiger partial charge in [0, 0.05) is 16.9 Å². The van der Waals surface area contributed by atoms with Crippen LogP contribution in [0.1, 0.15) is 31.2 Å². The summed E-state index contributed by atoms with van der Waals surface area (Å²) in [5.74, 6) is 0. The summed E-state index contributed by atoms with van der Waals surface area (Å²) in [4.78, 5) is 0.485. The topological polar surface area (TPSA) is 57.2 Å². The summed E-state index contributed by atoms with van der Waals surface area (Å²) in [5.41, 5.74) is -9.40. The highest BCUT2D eigenvalue weighted by atomic mass is 32.2. The van der Waals surface area contributed by atoms with Crippen LogP contribution >= 0.6 is 10.5 Å². The highest BCUT2D eigenvalue weighted by Crippen LogP contribution is 2.54. The molecule has 0 bridgehead atoms. The van der Waals surface area contributed by atoms with Gasteiger partial charge in [0.25, 0.3) is 0 Å². The van der Waals surface area contributed by atoms with Gasteiger partial charge in [-0.2, -0.15) is 13.2 Å². The molecule has 1 heterocycles. The molecule has 148 valence electrons. The number of hydrogen-bond donors (Lipinski definition) is 0. The molecule has 1 aromatic carbocycles. The molecule has 2 rings (SSSR count). The predicted molar refractivity (Wildman–Crippen MR) is 86.9 cm³/mol. The molecule has 0 radical (unpaired) electrons. The molecule has 1 unspecified atom stereocenters. The van der Waals surface area contributed by atoms with Crippen LogP contribution in [-0.2, 0) is 21.0 Å². The SMILES string of the molecule is Cc1cccc2c1cc(C(C)(C)C)[s+]2C(F)(F)F.O=S(=O)([O-])C(F)(F)F. The molecule has 0 aliphatic rings. The highest BCUT2D eigenvalue weighted by molar-refractivity contribution is 7.86. The molecule has 0 saturated heterocycles. The normalized spacial score (nSPS) is 14.2. The van der Waals surface area contributed by atoms with Crippen LogP contribution in [0.25, 0.3) is 10.1 Å². The van der Waals surface area contributed by atoms with Crippen molar-refractivity contribution in [3.05, 3.63) is 34.7 Å². The summed E-state index contributed by atoms with van der Waals surface area (Å²) in [6.07, 6.45) is 0. The molecule has 1 aromatic heterocycles. The van der Waals surface area contributed by atoms with Gasteiger partial charge in [0.15, 0.2) is 19.7 Å². The van der Waals surface area contributed by atoms with Crippen LogP contribution < -0.4 is 0 Å². The summed E-state index contributed by atoms with van der Waals surface area (Å²) in [7, 11) is -7.87. The van der Waals surface area contributed by atoms with E-state index in [1.54, 1.807) is 18.2 Å². The van der Waals surface area contributed by atoms with Crippen molar-refractivity contribution in [3.63, 3.8) is 0 Å². The Kier molecular flexibility index (Phi) is 6.12. The molecule has 1 atom stereocenters. The minimum absolute atomic E-state index is 0.424. The van der Waals surface area contributed by atoms with E-state index in [-0.39, 0.29) is 0 Å². The van der Waals surface area contributed by atoms with E-state index in [2.05, 4.69) is 0 Å². The smallest absolute Gasteiger partial charge is 0.600 e. The van der Waals surface area contributed by atoms with E-state index in [0.29, 0.717) is 9.58 Å². The van der Waals surface area contributed by atoms with Gasteiger partial charge in [-0.15, -0.1) is 13.2 Å². The first-order valence-corrected chi connectivity index (χ1v) is 9.65. The molecule has 0 aliphatic carbocycles. The van der Waals surface area contributed by atoms with Gasteiger partial charge in [-0.05, 0) is 18.6 Å². The average molecular weight is 422 g/mol. The molecular formula is C15H16F6O3S2. The van der Waals surface area contributed by atoms with Gasteiger partial charge in [0.1, 0.15) is 0 Å². The van der Waals surface area contributed by atoms with Crippen molar-refractivity contribution in [1.29, 1.82) is 0 Å². The number of fused-ring (bicyclic) bond motifs is 1. The van der Waals surface area contributed by atoms with E-state index in [0.717, 1.165) is 10.9 Å². The Labute approximate surface area is 149 Å². The number of rotatable bonds is 0. The maximum atomic E-state index is 13.3. The van der Waals surface area contributed by atoms with Crippen LogP contribution in [-0.4, -0.2) is 18.5 Å². The summed E-state index contributed by atoms with van der Waals surface area (Å²) >= 11 is 0. The van der Waals surface area contributed by atoms with Gasteiger partial charge < -0.3 is 4.55 Å². The third-order valence-electron chi connectivity index (χ3n) is 3.25. The molecular weight excluding hydrogens is 406 g/mol. The third-order valence-corrected chi connectivity index (χ3v) is 6.25. The minimum Gasteiger partial charge on any atom is -0.741 e. The van der Waals surface area contributed by atoms with Crippen molar-refractivity contribution in [2.75, 3.05) is 0 Å². The number of hydrogen-bond acceptors (Lipinski definition) is 3. The maximum absolute atomic E-state index is 13.3. The fourth-order valence-electron chi connectivity index (χ4n) is 2.10. The fraction of sp³-hybridized carbons (Fsp3) is 0.467. The lowest BCUT2D eigenvalue weighted by Gasteiger charge is -2.13. The van der Waals surface area contributed by atoms with E-state index in [4.69, 9.17) is 13.0 Å². The summed E-state index contributed by atoms with van der Waals surface area (Å²) in [6.45, 7) is 7.38. The monoisotopic (exact) mass is 422 g/mol. The largest absolute Gasteiger partial charge is 0.741 e. The van der Waals surface area contributed by atoms with Crippen molar-refractivity contribution in [3.8, 4) is 0 Å². The van der Waals surface area contributed by atoms with Crippen LogP contribution in [0.5, 0.6) is 0 Å². The zero-order valence-electron chi connectivity index (χ0n) is 14.1. The maximum Gasteiger partial charge on any atom is 0.600 e. The minimum atomic E-state index is -6.09. The van der Waals surface area contributed by atoms with Gasteiger partial charge in [0.05, 0.1) is 10.5 Å². The van der Waals surface area contributed by atoms with Crippen molar-refractivity contribution < 1.29 is 39.3 Å². The predicted octanol–water partition coefficient (Wildman–Crippen LogP) is 5.72. The van der Waals surface area contributed by atoms with Crippen molar-refractivity contribution >= 4 is 30.7 Å². The standard InChI is InChI=1S/C14H16F3S.CHF3O3S/c1-9-6-5-7-11-10(9)8-12(13(2,3)4)18(11)14(15,16)17;2-1(3,4)8(5,6)7/h5-8H,1-4H3;(H,5,6,7)/q+1;/p-1. The fourth-order valence-corrected chi connectivity index (χ4v) is 4.34. The van der Waals surface area contributed by atoms with Gasteiger partial charge in [-0.1, -0.05) is 32.9 Å². The zero-order valence-corrected chi connectivity index (χ0v) is 15.8. The highest BCUT2D eigenvalue weighted by Gasteiger charge is 2.50. The Bertz CT molecular complexity index is 887. The second-order valence-electron chi connectivity index (χ2n) is 6.40. The Hall–Kier alpha value is -1.33. The molecule has 11 heteroatoms. The quantitative estimate of drug-likeness (QED) is 0.236. The lowest BCUT2D eigenvalue weighted by molar-refractivity contribution is -0.0869. The van der Waals surface area contributed by atoms with Crippen molar-refractivity contribution in [2.45, 2.75) is 44.1 Å². The molecule has 0 N–H and O–H groups in total. The summed E-state index contributed by atoms with van der Waals surface area (Å²) in [5, 5.41) is 0.753. The molecule has 3 nitrogen and oxygen atoms in total. The van der Waals surface area contributed by atoms with E-state index in [9.17, 15) is 26.3 Å². The number of alkyl halides is 6. The zero-order chi connectivity index (χ0) is 20.7. The first kappa shape index (κ1) is 22.7.